The molecule has 0 fully saturated rings. The zero-order valence-corrected chi connectivity index (χ0v) is 16.4. The second-order valence-electron chi connectivity index (χ2n) is 7.34. The molecule has 1 aromatic carbocycles. The van der Waals surface area contributed by atoms with Crippen molar-refractivity contribution in [2.24, 2.45) is 5.92 Å². The minimum absolute atomic E-state index is 0.110. The van der Waals surface area contributed by atoms with Gasteiger partial charge in [-0.15, -0.1) is 0 Å². The Morgan fingerprint density at radius 3 is 2.03 bits per heavy atom. The topological polar surface area (TPSA) is 162 Å². The van der Waals surface area contributed by atoms with Crippen LogP contribution in [0.5, 0.6) is 0 Å². The van der Waals surface area contributed by atoms with Crippen molar-refractivity contribution in [3.63, 3.8) is 0 Å². The van der Waals surface area contributed by atoms with Crippen molar-refractivity contribution in [3.8, 4) is 0 Å². The normalized spacial score (nSPS) is 14.2. The first-order chi connectivity index (χ1) is 13.4. The summed E-state index contributed by atoms with van der Waals surface area (Å²) in [6, 6.07) is 5.14. The van der Waals surface area contributed by atoms with Crippen molar-refractivity contribution in [1.29, 1.82) is 0 Å². The molecule has 0 aliphatic carbocycles. The summed E-state index contributed by atoms with van der Waals surface area (Å²) in [4.78, 5) is 47.8. The highest BCUT2D eigenvalue weighted by Crippen LogP contribution is 2.16. The van der Waals surface area contributed by atoms with Crippen LogP contribution in [0.15, 0.2) is 30.3 Å². The van der Waals surface area contributed by atoms with E-state index in [1.54, 1.807) is 51.1 Å². The maximum absolute atomic E-state index is 12.6. The summed E-state index contributed by atoms with van der Waals surface area (Å²) in [6.45, 7) is 3.86. The zero-order valence-electron chi connectivity index (χ0n) is 16.4. The zero-order chi connectivity index (χ0) is 22.2. The second kappa shape index (κ2) is 10.4. The fourth-order valence-corrected chi connectivity index (χ4v) is 2.45. The molecule has 29 heavy (non-hydrogen) atoms. The largest absolute Gasteiger partial charge is 0.481 e. The molecule has 0 bridgehead atoms. The van der Waals surface area contributed by atoms with Gasteiger partial charge in [0.2, 0.25) is 5.91 Å². The molecule has 0 aliphatic rings. The predicted octanol–water partition coefficient (Wildman–Crippen LogP) is 0.385. The summed E-state index contributed by atoms with van der Waals surface area (Å²) >= 11 is 0. The van der Waals surface area contributed by atoms with E-state index >= 15 is 0 Å². The number of nitrogens with one attached hydrogen (secondary N) is 2. The monoisotopic (exact) mass is 410 g/mol. The van der Waals surface area contributed by atoms with E-state index in [9.17, 15) is 24.3 Å². The molecule has 10 nitrogen and oxygen atoms in total. The number of alkyl carbamates (subject to hydrolysis) is 1. The molecule has 0 aliphatic heterocycles. The fraction of sp³-hybridized carbons (Fsp3) is 0.474. The Labute approximate surface area is 167 Å². The number of aliphatic carboxylic acids is 2. The van der Waals surface area contributed by atoms with Crippen molar-refractivity contribution in [2.75, 3.05) is 6.61 Å². The van der Waals surface area contributed by atoms with Crippen molar-refractivity contribution in [3.05, 3.63) is 35.9 Å². The number of hydrogen-bond donors (Lipinski definition) is 5. The number of benzene rings is 1. The summed E-state index contributed by atoms with van der Waals surface area (Å²) in [6.07, 6.45) is -1.14. The van der Waals surface area contributed by atoms with Gasteiger partial charge in [-0.25, -0.2) is 9.59 Å². The number of amides is 2. The maximum Gasteiger partial charge on any atom is 0.408 e. The number of aliphatic hydroxyl groups is 1. The van der Waals surface area contributed by atoms with Crippen molar-refractivity contribution < 1.29 is 39.2 Å². The van der Waals surface area contributed by atoms with E-state index in [1.165, 1.54) is 0 Å². The maximum atomic E-state index is 12.6. The van der Waals surface area contributed by atoms with E-state index in [0.717, 1.165) is 0 Å². The van der Waals surface area contributed by atoms with Crippen LogP contribution in [-0.2, 0) is 25.5 Å². The van der Waals surface area contributed by atoms with Gasteiger partial charge in [-0.05, 0) is 32.8 Å². The molecular weight excluding hydrogens is 384 g/mol. The summed E-state index contributed by atoms with van der Waals surface area (Å²) < 4.78 is 5.09. The first-order valence-electron chi connectivity index (χ1n) is 8.85. The van der Waals surface area contributed by atoms with Gasteiger partial charge in [0.1, 0.15) is 17.7 Å². The molecule has 3 atom stereocenters. The van der Waals surface area contributed by atoms with Crippen LogP contribution in [0.2, 0.25) is 0 Å². The van der Waals surface area contributed by atoms with Crippen LogP contribution < -0.4 is 10.6 Å². The average molecular weight is 410 g/mol. The molecule has 2 amide bonds. The summed E-state index contributed by atoms with van der Waals surface area (Å²) in [5.41, 5.74) is -0.307. The molecular formula is C19H26N2O8. The lowest BCUT2D eigenvalue weighted by Crippen LogP contribution is -2.57. The summed E-state index contributed by atoms with van der Waals surface area (Å²) in [5, 5.41) is 32.0. The molecule has 1 aromatic rings. The van der Waals surface area contributed by atoms with E-state index in [0.29, 0.717) is 5.56 Å². The molecule has 0 spiro atoms. The van der Waals surface area contributed by atoms with Gasteiger partial charge in [-0.1, -0.05) is 30.3 Å². The Morgan fingerprint density at radius 1 is 1.00 bits per heavy atom. The van der Waals surface area contributed by atoms with Gasteiger partial charge in [-0.3, -0.25) is 9.59 Å². The van der Waals surface area contributed by atoms with Crippen LogP contribution in [0.1, 0.15) is 26.3 Å². The van der Waals surface area contributed by atoms with Crippen LogP contribution in [0.4, 0.5) is 4.79 Å². The molecule has 5 N–H and O–H groups in total. The lowest BCUT2D eigenvalue weighted by molar-refractivity contribution is -0.146. The van der Waals surface area contributed by atoms with Crippen LogP contribution in [0.25, 0.3) is 0 Å². The standard InChI is InChI=1S/C19H26N2O8/c1-19(2,3)29-18(28)21-14(15(23)20-13(10-22)17(26)27)12(16(24)25)9-11-7-5-4-6-8-11/h4-8,12-14,22H,9-10H2,1-3H3,(H,20,23)(H,21,28)(H,24,25)(H,26,27)/t12?,13-,14-/m0/s1. The number of aliphatic hydroxyl groups excluding tert-OH is 1. The number of carbonyl (C=O) groups is 4. The molecule has 0 heterocycles. The van der Waals surface area contributed by atoms with Gasteiger partial charge < -0.3 is 30.7 Å². The average Bonchev–Trinajstić information content (AvgIpc) is 2.61. The molecule has 1 rings (SSSR count). The molecule has 160 valence electrons. The van der Waals surface area contributed by atoms with Crippen LogP contribution in [0, 0.1) is 5.92 Å². The van der Waals surface area contributed by atoms with Crippen LogP contribution >= 0.6 is 0 Å². The molecule has 0 saturated heterocycles. The first kappa shape index (κ1) is 23.9. The molecule has 10 heteroatoms. The third-order valence-electron chi connectivity index (χ3n) is 3.77. The molecule has 0 radical (unpaired) electrons. The van der Waals surface area contributed by atoms with Crippen molar-refractivity contribution in [2.45, 2.75) is 44.9 Å². The number of carboxylic acids is 2. The lowest BCUT2D eigenvalue weighted by atomic mass is 9.91. The quantitative estimate of drug-likeness (QED) is 0.390. The van der Waals surface area contributed by atoms with Crippen LogP contribution in [0.3, 0.4) is 0 Å². The van der Waals surface area contributed by atoms with Gasteiger partial charge in [-0.2, -0.15) is 0 Å². The number of carboxylic acid groups (broad SMARTS) is 2. The molecule has 1 unspecified atom stereocenters. The second-order valence-corrected chi connectivity index (χ2v) is 7.34. The van der Waals surface area contributed by atoms with Crippen molar-refractivity contribution in [1.82, 2.24) is 10.6 Å². The van der Waals surface area contributed by atoms with Gasteiger partial charge in [0, 0.05) is 0 Å². The summed E-state index contributed by atoms with van der Waals surface area (Å²) in [5.74, 6) is -5.37. The third kappa shape index (κ3) is 8.18. The number of hydrogen-bond acceptors (Lipinski definition) is 6. The van der Waals surface area contributed by atoms with Gasteiger partial charge in [0.25, 0.3) is 0 Å². The Balaban J connectivity index is 3.16. The number of ether oxygens (including phenoxy) is 1. The minimum atomic E-state index is -1.66. The highest BCUT2D eigenvalue weighted by atomic mass is 16.6. The lowest BCUT2D eigenvalue weighted by Gasteiger charge is -2.27. The van der Waals surface area contributed by atoms with E-state index < -0.39 is 54.1 Å². The van der Waals surface area contributed by atoms with Gasteiger partial charge in [0.15, 0.2) is 0 Å². The van der Waals surface area contributed by atoms with Crippen molar-refractivity contribution >= 4 is 23.9 Å². The summed E-state index contributed by atoms with van der Waals surface area (Å²) in [7, 11) is 0. The van der Waals surface area contributed by atoms with E-state index in [1.807, 2.05) is 5.32 Å². The van der Waals surface area contributed by atoms with E-state index in [-0.39, 0.29) is 6.42 Å². The van der Waals surface area contributed by atoms with E-state index in [4.69, 9.17) is 14.9 Å². The molecule has 0 aromatic heterocycles. The first-order valence-corrected chi connectivity index (χ1v) is 8.85. The highest BCUT2D eigenvalue weighted by Gasteiger charge is 2.37. The van der Waals surface area contributed by atoms with Crippen LogP contribution in [-0.4, -0.2) is 63.6 Å². The van der Waals surface area contributed by atoms with E-state index in [2.05, 4.69) is 5.32 Å². The Bertz CT molecular complexity index is 729. The Hall–Kier alpha value is -3.14. The smallest absolute Gasteiger partial charge is 0.408 e. The Kier molecular flexibility index (Phi) is 8.58. The van der Waals surface area contributed by atoms with Gasteiger partial charge in [0.05, 0.1) is 12.5 Å². The highest BCUT2D eigenvalue weighted by molar-refractivity contribution is 5.93. The van der Waals surface area contributed by atoms with Gasteiger partial charge >= 0.3 is 18.0 Å². The SMILES string of the molecule is CC(C)(C)OC(=O)N[C@H](C(=O)N[C@@H](CO)C(=O)O)C(Cc1ccccc1)C(=O)O. The third-order valence-corrected chi connectivity index (χ3v) is 3.77. The Morgan fingerprint density at radius 2 is 1.59 bits per heavy atom. The number of carbonyl (C=O) groups excluding carboxylic acids is 2. The number of rotatable bonds is 9. The fourth-order valence-electron chi connectivity index (χ4n) is 2.45. The predicted molar refractivity (Wildman–Crippen MR) is 101 cm³/mol. The minimum Gasteiger partial charge on any atom is -0.481 e. The molecule has 0 saturated carbocycles.